The third kappa shape index (κ3) is 5.21. The summed E-state index contributed by atoms with van der Waals surface area (Å²) in [6.07, 6.45) is 0. The van der Waals surface area contributed by atoms with Gasteiger partial charge in [0.1, 0.15) is 0 Å². The quantitative estimate of drug-likeness (QED) is 0.426. The molecule has 0 fully saturated rings. The molecule has 0 atom stereocenters. The van der Waals surface area contributed by atoms with Gasteiger partial charge < -0.3 is 5.32 Å². The first-order valence-corrected chi connectivity index (χ1v) is 8.28. The van der Waals surface area contributed by atoms with Crippen LogP contribution in [-0.4, -0.2) is 29.0 Å². The fraction of sp³-hybridized carbons (Fsp3) is 0.118. The summed E-state index contributed by atoms with van der Waals surface area (Å²) in [5, 5.41) is 17.1. The Kier molecular flexibility index (Phi) is 6.56. The molecule has 0 radical (unpaired) electrons. The van der Waals surface area contributed by atoms with Crippen LogP contribution in [0, 0.1) is 10.1 Å². The number of non-ortho nitro benzene ring substituents is 1. The molecule has 0 bridgehead atoms. The topological polar surface area (TPSA) is 114 Å². The molecule has 26 heavy (non-hydrogen) atoms. The summed E-state index contributed by atoms with van der Waals surface area (Å²) in [4.78, 5) is 33.9. The van der Waals surface area contributed by atoms with Crippen molar-refractivity contribution < 1.29 is 14.5 Å². The third-order valence-corrected chi connectivity index (χ3v) is 4.06. The molecule has 2 N–H and O–H groups in total. The lowest BCUT2D eigenvalue weighted by atomic mass is 10.1. The lowest BCUT2D eigenvalue weighted by Gasteiger charge is -2.06. The van der Waals surface area contributed by atoms with Crippen LogP contribution in [-0.2, 0) is 4.79 Å². The minimum Gasteiger partial charge on any atom is -0.343 e. The van der Waals surface area contributed by atoms with E-state index in [9.17, 15) is 19.7 Å². The van der Waals surface area contributed by atoms with Crippen LogP contribution < -0.4 is 10.7 Å². The van der Waals surface area contributed by atoms with Gasteiger partial charge >= 0.3 is 0 Å². The molecule has 134 valence electrons. The molecule has 2 aromatic rings. The van der Waals surface area contributed by atoms with Crippen LogP contribution in [0.1, 0.15) is 22.8 Å². The van der Waals surface area contributed by atoms with Gasteiger partial charge in [-0.15, -0.1) is 0 Å². The largest absolute Gasteiger partial charge is 0.343 e. The van der Waals surface area contributed by atoms with Crippen LogP contribution in [0.2, 0.25) is 0 Å². The Hall–Kier alpha value is -3.07. The highest BCUT2D eigenvalue weighted by Gasteiger charge is 2.11. The molecule has 0 saturated heterocycles. The van der Waals surface area contributed by atoms with E-state index < -0.39 is 10.8 Å². The number of nitro benzene ring substituents is 1. The fourth-order valence-electron chi connectivity index (χ4n) is 1.98. The maximum absolute atomic E-state index is 12.0. The highest BCUT2D eigenvalue weighted by molar-refractivity contribution is 9.10. The summed E-state index contributed by atoms with van der Waals surface area (Å²) in [5.41, 5.74) is 3.83. The Morgan fingerprint density at radius 3 is 2.42 bits per heavy atom. The molecule has 2 rings (SSSR count). The number of hydrogen-bond acceptors (Lipinski definition) is 5. The SMILES string of the molecule is CC(=NNC(=O)CNC(=O)c1ccccc1Br)c1ccc([N+](=O)[O-])cc1. The van der Waals surface area contributed by atoms with Gasteiger partial charge in [0, 0.05) is 16.6 Å². The van der Waals surface area contributed by atoms with E-state index in [2.05, 4.69) is 31.8 Å². The highest BCUT2D eigenvalue weighted by atomic mass is 79.9. The molecule has 2 aromatic carbocycles. The second-order valence-corrected chi connectivity index (χ2v) is 6.05. The first-order chi connectivity index (χ1) is 12.4. The summed E-state index contributed by atoms with van der Waals surface area (Å²) in [6, 6.07) is 12.7. The van der Waals surface area contributed by atoms with Crippen LogP contribution in [0.5, 0.6) is 0 Å². The maximum atomic E-state index is 12.0. The van der Waals surface area contributed by atoms with E-state index in [1.54, 1.807) is 31.2 Å². The number of halogens is 1. The normalized spacial score (nSPS) is 10.9. The van der Waals surface area contributed by atoms with Crippen molar-refractivity contribution in [3.8, 4) is 0 Å². The van der Waals surface area contributed by atoms with Gasteiger partial charge in [-0.25, -0.2) is 5.43 Å². The van der Waals surface area contributed by atoms with Crippen LogP contribution >= 0.6 is 15.9 Å². The zero-order valence-electron chi connectivity index (χ0n) is 13.7. The van der Waals surface area contributed by atoms with E-state index in [1.807, 2.05) is 0 Å². The Labute approximate surface area is 157 Å². The molecule has 0 heterocycles. The second kappa shape index (κ2) is 8.86. The first-order valence-electron chi connectivity index (χ1n) is 7.49. The van der Waals surface area contributed by atoms with Gasteiger partial charge in [0.2, 0.25) is 0 Å². The van der Waals surface area contributed by atoms with E-state index in [1.165, 1.54) is 24.3 Å². The maximum Gasteiger partial charge on any atom is 0.269 e. The molecule has 0 aliphatic carbocycles. The number of amides is 2. The smallest absolute Gasteiger partial charge is 0.269 e. The van der Waals surface area contributed by atoms with Gasteiger partial charge in [0.25, 0.3) is 17.5 Å². The molecule has 0 aliphatic rings. The lowest BCUT2D eigenvalue weighted by Crippen LogP contribution is -2.35. The molecular formula is C17H15BrN4O4. The second-order valence-electron chi connectivity index (χ2n) is 5.20. The van der Waals surface area contributed by atoms with E-state index in [0.29, 0.717) is 21.3 Å². The number of benzene rings is 2. The van der Waals surface area contributed by atoms with Gasteiger partial charge in [-0.05, 0) is 52.7 Å². The number of nitrogens with one attached hydrogen (secondary N) is 2. The predicted molar refractivity (Wildman–Crippen MR) is 99.9 cm³/mol. The molecule has 0 aromatic heterocycles. The average Bonchev–Trinajstić information content (AvgIpc) is 2.64. The first kappa shape index (κ1) is 19.3. The van der Waals surface area contributed by atoms with Gasteiger partial charge in [0.15, 0.2) is 0 Å². The average molecular weight is 419 g/mol. The number of rotatable bonds is 6. The van der Waals surface area contributed by atoms with Gasteiger partial charge in [-0.2, -0.15) is 5.10 Å². The molecular weight excluding hydrogens is 404 g/mol. The Bertz CT molecular complexity index is 865. The van der Waals surface area contributed by atoms with Crippen LogP contribution in [0.15, 0.2) is 58.1 Å². The van der Waals surface area contributed by atoms with Gasteiger partial charge in [0.05, 0.1) is 22.7 Å². The summed E-state index contributed by atoms with van der Waals surface area (Å²) < 4.78 is 0.630. The number of carbonyl (C=O) groups is 2. The van der Waals surface area contributed by atoms with Crippen LogP contribution in [0.4, 0.5) is 5.69 Å². The van der Waals surface area contributed by atoms with Crippen molar-refractivity contribution in [3.05, 3.63) is 74.2 Å². The molecule has 0 unspecified atom stereocenters. The lowest BCUT2D eigenvalue weighted by molar-refractivity contribution is -0.384. The van der Waals surface area contributed by atoms with E-state index in [-0.39, 0.29) is 18.1 Å². The van der Waals surface area contributed by atoms with Crippen molar-refractivity contribution in [2.75, 3.05) is 6.54 Å². The molecule has 8 nitrogen and oxygen atoms in total. The molecule has 0 spiro atoms. The van der Waals surface area contributed by atoms with Crippen LogP contribution in [0.3, 0.4) is 0 Å². The van der Waals surface area contributed by atoms with E-state index in [4.69, 9.17) is 0 Å². The number of hydrazone groups is 1. The summed E-state index contributed by atoms with van der Waals surface area (Å²) >= 11 is 3.27. The Balaban J connectivity index is 1.89. The zero-order valence-corrected chi connectivity index (χ0v) is 15.3. The van der Waals surface area contributed by atoms with Crippen molar-refractivity contribution in [2.45, 2.75) is 6.92 Å². The Morgan fingerprint density at radius 1 is 1.15 bits per heavy atom. The Morgan fingerprint density at radius 2 is 1.81 bits per heavy atom. The van der Waals surface area contributed by atoms with Crippen molar-refractivity contribution >= 4 is 39.1 Å². The predicted octanol–water partition coefficient (Wildman–Crippen LogP) is 2.63. The number of nitrogens with zero attached hydrogens (tertiary/aromatic N) is 2. The van der Waals surface area contributed by atoms with Crippen molar-refractivity contribution in [1.29, 1.82) is 0 Å². The molecule has 0 aliphatic heterocycles. The summed E-state index contributed by atoms with van der Waals surface area (Å²) in [7, 11) is 0. The minimum atomic E-state index is -0.494. The number of hydrogen-bond donors (Lipinski definition) is 2. The zero-order chi connectivity index (χ0) is 19.1. The number of carbonyl (C=O) groups excluding carboxylic acids is 2. The van der Waals surface area contributed by atoms with Gasteiger partial charge in [-0.1, -0.05) is 12.1 Å². The van der Waals surface area contributed by atoms with Crippen LogP contribution in [0.25, 0.3) is 0 Å². The third-order valence-electron chi connectivity index (χ3n) is 3.37. The van der Waals surface area contributed by atoms with Crippen molar-refractivity contribution in [3.63, 3.8) is 0 Å². The van der Waals surface area contributed by atoms with Crippen molar-refractivity contribution in [1.82, 2.24) is 10.7 Å². The summed E-state index contributed by atoms with van der Waals surface area (Å²) in [5.74, 6) is -0.879. The van der Waals surface area contributed by atoms with E-state index in [0.717, 1.165) is 0 Å². The monoisotopic (exact) mass is 418 g/mol. The molecule has 2 amide bonds. The summed E-state index contributed by atoms with van der Waals surface area (Å²) in [6.45, 7) is 1.41. The highest BCUT2D eigenvalue weighted by Crippen LogP contribution is 2.15. The molecule has 9 heteroatoms. The van der Waals surface area contributed by atoms with Crippen molar-refractivity contribution in [2.24, 2.45) is 5.10 Å². The van der Waals surface area contributed by atoms with E-state index >= 15 is 0 Å². The minimum absolute atomic E-state index is 0.0274. The number of nitro groups is 1. The molecule has 0 saturated carbocycles. The fourth-order valence-corrected chi connectivity index (χ4v) is 2.44. The standard InChI is InChI=1S/C17H15BrN4O4/c1-11(12-6-8-13(9-7-12)22(25)26)20-21-16(23)10-19-17(24)14-4-2-3-5-15(14)18/h2-9H,10H2,1H3,(H,19,24)(H,21,23). The van der Waals surface area contributed by atoms with Gasteiger partial charge in [-0.3, -0.25) is 19.7 Å².